The number of aryl methyl sites for hydroxylation is 1. The predicted octanol–water partition coefficient (Wildman–Crippen LogP) is 3.48. The zero-order valence-electron chi connectivity index (χ0n) is 15.4. The topological polar surface area (TPSA) is 28.6 Å². The molecule has 0 spiro atoms. The van der Waals surface area contributed by atoms with E-state index in [1.807, 2.05) is 6.20 Å². The Kier molecular flexibility index (Phi) is 4.91. The lowest BCUT2D eigenvalue weighted by Gasteiger charge is -2.41. The Bertz CT molecular complexity index is 718. The van der Waals surface area contributed by atoms with Crippen LogP contribution in [0.5, 0.6) is 0 Å². The standard InChI is InChI=1S/C21H29N3O/c1-16-3-4-20-19(15-16)21(5-8-22-20)24-9-6-18(7-10-24)17(2)23-11-13-25-14-12-23/h3-5,8,15,17-18H,6-7,9-14H2,1-2H3/t17-/m1/s1. The third kappa shape index (κ3) is 3.51. The molecular formula is C21H29N3O. The van der Waals surface area contributed by atoms with Crippen molar-refractivity contribution in [1.82, 2.24) is 9.88 Å². The van der Waals surface area contributed by atoms with E-state index < -0.39 is 0 Å². The molecule has 2 saturated heterocycles. The second kappa shape index (κ2) is 7.30. The molecule has 0 unspecified atom stereocenters. The first-order valence-electron chi connectivity index (χ1n) is 9.64. The van der Waals surface area contributed by atoms with E-state index in [1.165, 1.54) is 29.5 Å². The van der Waals surface area contributed by atoms with E-state index >= 15 is 0 Å². The third-order valence-electron chi connectivity index (χ3n) is 6.06. The van der Waals surface area contributed by atoms with Crippen molar-refractivity contribution < 1.29 is 4.74 Å². The molecule has 2 fully saturated rings. The zero-order chi connectivity index (χ0) is 17.2. The lowest BCUT2D eigenvalue weighted by Crippen LogP contribution is -2.48. The van der Waals surface area contributed by atoms with Gasteiger partial charge >= 0.3 is 0 Å². The molecule has 1 atom stereocenters. The first-order chi connectivity index (χ1) is 12.2. The molecule has 0 radical (unpaired) electrons. The fourth-order valence-electron chi connectivity index (χ4n) is 4.43. The first kappa shape index (κ1) is 16.8. The predicted molar refractivity (Wildman–Crippen MR) is 103 cm³/mol. The van der Waals surface area contributed by atoms with Crippen molar-refractivity contribution >= 4 is 16.6 Å². The zero-order valence-corrected chi connectivity index (χ0v) is 15.4. The van der Waals surface area contributed by atoms with Crippen LogP contribution in [0.3, 0.4) is 0 Å². The number of nitrogens with zero attached hydrogens (tertiary/aromatic N) is 3. The Morgan fingerprint density at radius 1 is 1.08 bits per heavy atom. The third-order valence-corrected chi connectivity index (χ3v) is 6.06. The maximum Gasteiger partial charge on any atom is 0.0722 e. The average Bonchev–Trinajstić information content (AvgIpc) is 2.68. The van der Waals surface area contributed by atoms with Gasteiger partial charge in [0.25, 0.3) is 0 Å². The van der Waals surface area contributed by atoms with Crippen molar-refractivity contribution in [1.29, 1.82) is 0 Å². The highest BCUT2D eigenvalue weighted by atomic mass is 16.5. The number of fused-ring (bicyclic) bond motifs is 1. The molecule has 0 bridgehead atoms. The molecule has 25 heavy (non-hydrogen) atoms. The molecule has 4 heteroatoms. The van der Waals surface area contributed by atoms with Crippen molar-refractivity contribution in [3.8, 4) is 0 Å². The minimum absolute atomic E-state index is 0.669. The first-order valence-corrected chi connectivity index (χ1v) is 9.64. The highest BCUT2D eigenvalue weighted by molar-refractivity contribution is 5.92. The molecular weight excluding hydrogens is 310 g/mol. The molecule has 4 rings (SSSR count). The van der Waals surface area contributed by atoms with Gasteiger partial charge in [0.2, 0.25) is 0 Å². The number of rotatable bonds is 3. The number of piperidine rings is 1. The summed E-state index contributed by atoms with van der Waals surface area (Å²) < 4.78 is 5.51. The van der Waals surface area contributed by atoms with Gasteiger partial charge in [-0.25, -0.2) is 0 Å². The van der Waals surface area contributed by atoms with Gasteiger partial charge in [0.1, 0.15) is 0 Å². The van der Waals surface area contributed by atoms with E-state index in [0.717, 1.165) is 50.8 Å². The Balaban J connectivity index is 1.46. The number of morpholine rings is 1. The summed E-state index contributed by atoms with van der Waals surface area (Å²) in [5, 5.41) is 1.29. The Morgan fingerprint density at radius 2 is 1.84 bits per heavy atom. The largest absolute Gasteiger partial charge is 0.379 e. The number of anilines is 1. The molecule has 0 amide bonds. The van der Waals surface area contributed by atoms with Gasteiger partial charge in [-0.05, 0) is 50.8 Å². The van der Waals surface area contributed by atoms with Gasteiger partial charge in [0.15, 0.2) is 0 Å². The number of ether oxygens (including phenoxy) is 1. The van der Waals surface area contributed by atoms with Crippen LogP contribution in [0.2, 0.25) is 0 Å². The minimum Gasteiger partial charge on any atom is -0.379 e. The molecule has 2 aromatic rings. The van der Waals surface area contributed by atoms with E-state index in [0.29, 0.717) is 6.04 Å². The van der Waals surface area contributed by atoms with E-state index in [4.69, 9.17) is 4.74 Å². The monoisotopic (exact) mass is 339 g/mol. The number of pyridine rings is 1. The van der Waals surface area contributed by atoms with Gasteiger partial charge in [-0.2, -0.15) is 0 Å². The Morgan fingerprint density at radius 3 is 2.60 bits per heavy atom. The van der Waals surface area contributed by atoms with E-state index in [9.17, 15) is 0 Å². The Hall–Kier alpha value is -1.65. The van der Waals surface area contributed by atoms with Crippen LogP contribution in [0.25, 0.3) is 10.9 Å². The fourth-order valence-corrected chi connectivity index (χ4v) is 4.43. The summed E-state index contributed by atoms with van der Waals surface area (Å²) in [4.78, 5) is 9.72. The molecule has 2 aliphatic rings. The van der Waals surface area contributed by atoms with Crippen LogP contribution in [-0.2, 0) is 4.74 Å². The molecule has 4 nitrogen and oxygen atoms in total. The van der Waals surface area contributed by atoms with Crippen LogP contribution in [0.15, 0.2) is 30.5 Å². The highest BCUT2D eigenvalue weighted by Crippen LogP contribution is 2.31. The minimum atomic E-state index is 0.669. The van der Waals surface area contributed by atoms with Crippen molar-refractivity contribution in [3.63, 3.8) is 0 Å². The van der Waals surface area contributed by atoms with Gasteiger partial charge < -0.3 is 9.64 Å². The van der Waals surface area contributed by atoms with Gasteiger partial charge in [-0.1, -0.05) is 11.6 Å². The van der Waals surface area contributed by atoms with Crippen molar-refractivity contribution in [2.45, 2.75) is 32.7 Å². The molecule has 0 N–H and O–H groups in total. The van der Waals surface area contributed by atoms with Gasteiger partial charge in [-0.3, -0.25) is 9.88 Å². The fraction of sp³-hybridized carbons (Fsp3) is 0.571. The average molecular weight is 339 g/mol. The summed E-state index contributed by atoms with van der Waals surface area (Å²) in [6.45, 7) is 10.8. The summed E-state index contributed by atoms with van der Waals surface area (Å²) >= 11 is 0. The lowest BCUT2D eigenvalue weighted by atomic mass is 9.88. The van der Waals surface area contributed by atoms with Crippen molar-refractivity contribution in [2.75, 3.05) is 44.3 Å². The molecule has 1 aromatic carbocycles. The summed E-state index contributed by atoms with van der Waals surface area (Å²) in [5.41, 5.74) is 3.76. The van der Waals surface area contributed by atoms with Crippen molar-refractivity contribution in [3.05, 3.63) is 36.0 Å². The number of benzene rings is 1. The molecule has 0 aliphatic carbocycles. The summed E-state index contributed by atoms with van der Waals surface area (Å²) in [6.07, 6.45) is 4.50. The number of hydrogen-bond donors (Lipinski definition) is 0. The van der Waals surface area contributed by atoms with Crippen LogP contribution < -0.4 is 4.90 Å². The summed E-state index contributed by atoms with van der Waals surface area (Å²) in [6, 6.07) is 9.42. The normalized spacial score (nSPS) is 21.6. The maximum absolute atomic E-state index is 5.51. The Labute approximate surface area is 150 Å². The van der Waals surface area contributed by atoms with E-state index in [1.54, 1.807) is 0 Å². The molecule has 134 valence electrons. The van der Waals surface area contributed by atoms with E-state index in [2.05, 4.69) is 52.9 Å². The lowest BCUT2D eigenvalue weighted by molar-refractivity contribution is 0.00450. The summed E-state index contributed by atoms with van der Waals surface area (Å²) in [7, 11) is 0. The maximum atomic E-state index is 5.51. The molecule has 3 heterocycles. The number of hydrogen-bond acceptors (Lipinski definition) is 4. The molecule has 1 aromatic heterocycles. The smallest absolute Gasteiger partial charge is 0.0722 e. The second-order valence-corrected chi connectivity index (χ2v) is 7.56. The van der Waals surface area contributed by atoms with Gasteiger partial charge in [0.05, 0.1) is 18.7 Å². The highest BCUT2D eigenvalue weighted by Gasteiger charge is 2.29. The molecule has 2 aliphatic heterocycles. The van der Waals surface area contributed by atoms with Crippen LogP contribution >= 0.6 is 0 Å². The SMILES string of the molecule is Cc1ccc2nccc(N3CCC([C@@H](C)N4CCOCC4)CC3)c2c1. The van der Waals surface area contributed by atoms with E-state index in [-0.39, 0.29) is 0 Å². The van der Waals surface area contributed by atoms with Crippen LogP contribution in [0.4, 0.5) is 5.69 Å². The summed E-state index contributed by atoms with van der Waals surface area (Å²) in [5.74, 6) is 0.796. The quantitative estimate of drug-likeness (QED) is 0.856. The number of aromatic nitrogens is 1. The van der Waals surface area contributed by atoms with Crippen molar-refractivity contribution in [2.24, 2.45) is 5.92 Å². The van der Waals surface area contributed by atoms with Crippen LogP contribution in [0.1, 0.15) is 25.3 Å². The van der Waals surface area contributed by atoms with Crippen LogP contribution in [-0.4, -0.2) is 55.3 Å². The van der Waals surface area contributed by atoms with Gasteiger partial charge in [0, 0.05) is 49.5 Å². The van der Waals surface area contributed by atoms with Crippen LogP contribution in [0, 0.1) is 12.8 Å². The van der Waals surface area contributed by atoms with Gasteiger partial charge in [-0.15, -0.1) is 0 Å². The molecule has 0 saturated carbocycles. The second-order valence-electron chi connectivity index (χ2n) is 7.56.